The summed E-state index contributed by atoms with van der Waals surface area (Å²) < 4.78 is 7.37. The highest BCUT2D eigenvalue weighted by Gasteiger charge is 2.33. The van der Waals surface area contributed by atoms with Gasteiger partial charge in [0.05, 0.1) is 5.69 Å². The molecule has 2 aromatic heterocycles. The standard InChI is InChI=1S/C25H23N5O3/c31-23-14-18(15-6-2-1-3-7-15)26-25(28-23)30-22(13-19(29-30)16-10-11-16)27-24(32)21-12-17-8-4-5-9-20(17)33-21/h1-9,12-13,16,18,25-26H,10-11,14H2,(H,27,32)(H,28,31). The number of para-hydroxylation sites is 1. The van der Waals surface area contributed by atoms with Gasteiger partial charge >= 0.3 is 0 Å². The smallest absolute Gasteiger partial charge is 0.292 e. The predicted octanol–water partition coefficient (Wildman–Crippen LogP) is 4.07. The van der Waals surface area contributed by atoms with Crippen LogP contribution in [0.3, 0.4) is 0 Å². The molecule has 0 bridgehead atoms. The van der Waals surface area contributed by atoms with Gasteiger partial charge in [0, 0.05) is 29.8 Å². The van der Waals surface area contributed by atoms with E-state index in [2.05, 4.69) is 16.0 Å². The Hall–Kier alpha value is -3.91. The van der Waals surface area contributed by atoms with Crippen LogP contribution in [0, 0.1) is 0 Å². The molecule has 0 spiro atoms. The summed E-state index contributed by atoms with van der Waals surface area (Å²) in [5, 5.41) is 15.0. The third-order valence-electron chi connectivity index (χ3n) is 6.13. The van der Waals surface area contributed by atoms with Crippen LogP contribution >= 0.6 is 0 Å². The molecule has 2 atom stereocenters. The summed E-state index contributed by atoms with van der Waals surface area (Å²) in [5.41, 5.74) is 2.59. The number of benzene rings is 2. The van der Waals surface area contributed by atoms with Crippen LogP contribution in [0.1, 0.15) is 59.3 Å². The monoisotopic (exact) mass is 441 g/mol. The quantitative estimate of drug-likeness (QED) is 0.434. The molecule has 2 unspecified atom stereocenters. The van der Waals surface area contributed by atoms with Crippen molar-refractivity contribution >= 4 is 28.6 Å². The molecule has 1 saturated carbocycles. The first-order valence-electron chi connectivity index (χ1n) is 11.1. The zero-order chi connectivity index (χ0) is 22.4. The van der Waals surface area contributed by atoms with E-state index in [0.717, 1.165) is 29.5 Å². The zero-order valence-electron chi connectivity index (χ0n) is 17.8. The second-order valence-electron chi connectivity index (χ2n) is 8.58. The van der Waals surface area contributed by atoms with Crippen LogP contribution in [0.5, 0.6) is 0 Å². The van der Waals surface area contributed by atoms with Gasteiger partial charge in [-0.1, -0.05) is 48.5 Å². The van der Waals surface area contributed by atoms with Crippen molar-refractivity contribution in [3.05, 3.63) is 83.7 Å². The van der Waals surface area contributed by atoms with E-state index in [-0.39, 0.29) is 23.6 Å². The number of nitrogens with zero attached hydrogens (tertiary/aromatic N) is 2. The number of furan rings is 1. The first kappa shape index (κ1) is 19.8. The van der Waals surface area contributed by atoms with Crippen molar-refractivity contribution in [1.82, 2.24) is 20.4 Å². The molecule has 1 saturated heterocycles. The van der Waals surface area contributed by atoms with E-state index >= 15 is 0 Å². The van der Waals surface area contributed by atoms with Gasteiger partial charge in [0.15, 0.2) is 12.0 Å². The maximum Gasteiger partial charge on any atom is 0.292 e. The molecular weight excluding hydrogens is 418 g/mol. The summed E-state index contributed by atoms with van der Waals surface area (Å²) in [6.45, 7) is 0. The second-order valence-corrected chi connectivity index (χ2v) is 8.58. The molecule has 3 heterocycles. The fourth-order valence-electron chi connectivity index (χ4n) is 4.27. The van der Waals surface area contributed by atoms with Gasteiger partial charge in [-0.2, -0.15) is 5.10 Å². The van der Waals surface area contributed by atoms with E-state index < -0.39 is 6.29 Å². The molecule has 6 rings (SSSR count). The SMILES string of the molecule is O=C1CC(c2ccccc2)NC(n2nc(C3CC3)cc2NC(=O)c2cc3ccccc3o2)N1. The van der Waals surface area contributed by atoms with Crippen LogP contribution in [0.2, 0.25) is 0 Å². The molecule has 8 nitrogen and oxygen atoms in total. The van der Waals surface area contributed by atoms with Gasteiger partial charge in [0.25, 0.3) is 5.91 Å². The summed E-state index contributed by atoms with van der Waals surface area (Å²) in [6, 6.07) is 20.8. The van der Waals surface area contributed by atoms with Crippen LogP contribution in [0.4, 0.5) is 5.82 Å². The number of rotatable bonds is 5. The van der Waals surface area contributed by atoms with E-state index in [0.29, 0.717) is 23.7 Å². The lowest BCUT2D eigenvalue weighted by Gasteiger charge is -2.32. The van der Waals surface area contributed by atoms with Gasteiger partial charge in [-0.25, -0.2) is 4.68 Å². The van der Waals surface area contributed by atoms with Gasteiger partial charge in [-0.3, -0.25) is 14.9 Å². The number of fused-ring (bicyclic) bond motifs is 1. The maximum atomic E-state index is 13.0. The van der Waals surface area contributed by atoms with Crippen LogP contribution in [0.25, 0.3) is 11.0 Å². The Morgan fingerprint density at radius 2 is 1.85 bits per heavy atom. The summed E-state index contributed by atoms with van der Waals surface area (Å²) in [5.74, 6) is 0.674. The third kappa shape index (κ3) is 3.89. The fourth-order valence-corrected chi connectivity index (χ4v) is 4.27. The van der Waals surface area contributed by atoms with Gasteiger partial charge in [0.2, 0.25) is 5.91 Å². The molecule has 33 heavy (non-hydrogen) atoms. The number of aromatic nitrogens is 2. The first-order valence-corrected chi connectivity index (χ1v) is 11.1. The zero-order valence-corrected chi connectivity index (χ0v) is 17.8. The molecule has 2 fully saturated rings. The number of hydrogen-bond donors (Lipinski definition) is 3. The highest BCUT2D eigenvalue weighted by atomic mass is 16.3. The topological polar surface area (TPSA) is 101 Å². The van der Waals surface area contributed by atoms with Gasteiger partial charge in [-0.05, 0) is 30.5 Å². The Kier molecular flexibility index (Phi) is 4.73. The number of hydrogen-bond acceptors (Lipinski definition) is 5. The lowest BCUT2D eigenvalue weighted by molar-refractivity contribution is -0.125. The number of anilines is 1. The number of carbonyl (C=O) groups excluding carboxylic acids is 2. The van der Waals surface area contributed by atoms with Crippen LogP contribution < -0.4 is 16.0 Å². The van der Waals surface area contributed by atoms with Crippen molar-refractivity contribution in [2.75, 3.05) is 5.32 Å². The minimum absolute atomic E-state index is 0.0781. The average molecular weight is 441 g/mol. The fraction of sp³-hybridized carbons (Fsp3) is 0.240. The Balaban J connectivity index is 1.30. The molecule has 1 aliphatic heterocycles. The van der Waals surface area contributed by atoms with Crippen molar-refractivity contribution in [3.8, 4) is 0 Å². The van der Waals surface area contributed by atoms with Crippen molar-refractivity contribution in [1.29, 1.82) is 0 Å². The Bertz CT molecular complexity index is 1310. The van der Waals surface area contributed by atoms with Crippen molar-refractivity contribution in [2.45, 2.75) is 37.5 Å². The van der Waals surface area contributed by atoms with E-state index in [9.17, 15) is 9.59 Å². The van der Waals surface area contributed by atoms with Crippen LogP contribution in [-0.4, -0.2) is 21.6 Å². The van der Waals surface area contributed by atoms with E-state index in [1.54, 1.807) is 10.7 Å². The van der Waals surface area contributed by atoms with E-state index in [1.165, 1.54) is 0 Å². The summed E-state index contributed by atoms with van der Waals surface area (Å²) >= 11 is 0. The van der Waals surface area contributed by atoms with Crippen LogP contribution in [0.15, 0.2) is 71.1 Å². The Morgan fingerprint density at radius 3 is 2.64 bits per heavy atom. The minimum Gasteiger partial charge on any atom is -0.451 e. The lowest BCUT2D eigenvalue weighted by Crippen LogP contribution is -2.50. The van der Waals surface area contributed by atoms with Gasteiger partial charge in [-0.15, -0.1) is 0 Å². The Labute approximate surface area is 190 Å². The molecule has 2 aliphatic rings. The molecule has 8 heteroatoms. The molecule has 0 radical (unpaired) electrons. The normalized spacial score (nSPS) is 20.5. The number of amides is 2. The van der Waals surface area contributed by atoms with Gasteiger partial charge < -0.3 is 15.1 Å². The predicted molar refractivity (Wildman–Crippen MR) is 122 cm³/mol. The van der Waals surface area contributed by atoms with Gasteiger partial charge in [0.1, 0.15) is 11.4 Å². The van der Waals surface area contributed by atoms with E-state index in [1.807, 2.05) is 60.7 Å². The highest BCUT2D eigenvalue weighted by Crippen LogP contribution is 2.40. The highest BCUT2D eigenvalue weighted by molar-refractivity contribution is 6.04. The van der Waals surface area contributed by atoms with Crippen molar-refractivity contribution in [2.24, 2.45) is 0 Å². The first-order chi connectivity index (χ1) is 16.1. The molecule has 166 valence electrons. The molecule has 4 aromatic rings. The minimum atomic E-state index is -0.588. The Morgan fingerprint density at radius 1 is 1.06 bits per heavy atom. The summed E-state index contributed by atoms with van der Waals surface area (Å²) in [7, 11) is 0. The van der Waals surface area contributed by atoms with Crippen molar-refractivity contribution in [3.63, 3.8) is 0 Å². The molecule has 1 aliphatic carbocycles. The number of carbonyl (C=O) groups is 2. The van der Waals surface area contributed by atoms with E-state index in [4.69, 9.17) is 9.52 Å². The maximum absolute atomic E-state index is 13.0. The largest absolute Gasteiger partial charge is 0.451 e. The average Bonchev–Trinajstić information content (AvgIpc) is 3.45. The summed E-state index contributed by atoms with van der Waals surface area (Å²) in [4.78, 5) is 25.6. The molecule has 3 N–H and O–H groups in total. The summed E-state index contributed by atoms with van der Waals surface area (Å²) in [6.07, 6.45) is 1.89. The lowest BCUT2D eigenvalue weighted by atomic mass is 10.0. The molecule has 2 aromatic carbocycles. The van der Waals surface area contributed by atoms with Crippen molar-refractivity contribution < 1.29 is 14.0 Å². The molecular formula is C25H23N5O3. The second kappa shape index (κ2) is 7.90. The third-order valence-corrected chi connectivity index (χ3v) is 6.13. The number of nitrogens with one attached hydrogen (secondary N) is 3. The van der Waals surface area contributed by atoms with Crippen LogP contribution in [-0.2, 0) is 4.79 Å². The molecule has 2 amide bonds.